The maximum atomic E-state index is 12.7. The molecule has 0 amide bonds. The van der Waals surface area contributed by atoms with Gasteiger partial charge in [-0.1, -0.05) is 41.7 Å². The number of benzene rings is 2. The van der Waals surface area contributed by atoms with Crippen molar-refractivity contribution in [3.05, 3.63) is 48.0 Å². The van der Waals surface area contributed by atoms with Gasteiger partial charge in [-0.15, -0.1) is 10.2 Å². The topological polar surface area (TPSA) is 49.2 Å². The van der Waals surface area contributed by atoms with E-state index in [0.717, 1.165) is 27.9 Å². The zero-order valence-electron chi connectivity index (χ0n) is 16.3. The fourth-order valence-corrected chi connectivity index (χ4v) is 4.39. The summed E-state index contributed by atoms with van der Waals surface area (Å²) < 4.78 is 38.1. The number of hydrogen-bond acceptors (Lipinski definition) is 6. The van der Waals surface area contributed by atoms with Crippen molar-refractivity contribution in [3.63, 3.8) is 0 Å². The first kappa shape index (κ1) is 21.4. The predicted molar refractivity (Wildman–Crippen MR) is 112 cm³/mol. The number of hydrogen-bond donors (Lipinski definition) is 0. The summed E-state index contributed by atoms with van der Waals surface area (Å²) in [5.41, 5.74) is 1.83. The molecule has 5 nitrogen and oxygen atoms in total. The van der Waals surface area contributed by atoms with E-state index < -0.39 is 5.76 Å². The monoisotopic (exact) mass is 437 g/mol. The third-order valence-corrected chi connectivity index (χ3v) is 6.00. The van der Waals surface area contributed by atoms with Gasteiger partial charge in [-0.2, -0.15) is 8.78 Å². The summed E-state index contributed by atoms with van der Waals surface area (Å²) in [5.74, 6) is 0.0532. The van der Waals surface area contributed by atoms with E-state index in [9.17, 15) is 8.78 Å². The van der Waals surface area contributed by atoms with Gasteiger partial charge in [0.05, 0.1) is 24.7 Å². The maximum Gasteiger partial charge on any atom is 0.289 e. The fraction of sp³-hybridized carbons (Fsp3) is 0.300. The van der Waals surface area contributed by atoms with E-state index in [2.05, 4.69) is 10.2 Å². The number of para-hydroxylation sites is 1. The number of nitrogens with zero attached hydrogens (tertiary/aromatic N) is 3. The molecule has 0 fully saturated rings. The third kappa shape index (κ3) is 5.02. The van der Waals surface area contributed by atoms with Crippen molar-refractivity contribution >= 4 is 23.5 Å². The van der Waals surface area contributed by atoms with Gasteiger partial charge in [-0.3, -0.25) is 0 Å². The average Bonchev–Trinajstić information content (AvgIpc) is 3.15. The second-order valence-electron chi connectivity index (χ2n) is 5.90. The van der Waals surface area contributed by atoms with Crippen LogP contribution in [0.3, 0.4) is 0 Å². The van der Waals surface area contributed by atoms with Gasteiger partial charge in [0.1, 0.15) is 11.5 Å². The Labute approximate surface area is 176 Å². The number of methoxy groups -OCH3 is 2. The Morgan fingerprint density at radius 2 is 1.79 bits per heavy atom. The Hall–Kier alpha value is -2.26. The van der Waals surface area contributed by atoms with Crippen LogP contribution in [0.4, 0.5) is 8.78 Å². The van der Waals surface area contributed by atoms with Crippen LogP contribution in [0.2, 0.25) is 0 Å². The molecule has 0 atom stereocenters. The van der Waals surface area contributed by atoms with Crippen molar-refractivity contribution in [2.45, 2.75) is 35.0 Å². The number of halogens is 2. The van der Waals surface area contributed by atoms with Crippen molar-refractivity contribution in [1.82, 2.24) is 14.8 Å². The first-order chi connectivity index (χ1) is 14.1. The highest BCUT2D eigenvalue weighted by Gasteiger charge is 2.17. The lowest BCUT2D eigenvalue weighted by molar-refractivity contribution is 0.251. The van der Waals surface area contributed by atoms with Crippen LogP contribution < -0.4 is 9.47 Å². The van der Waals surface area contributed by atoms with Crippen LogP contribution >= 0.6 is 23.5 Å². The van der Waals surface area contributed by atoms with Crippen LogP contribution in [-0.2, 0) is 12.3 Å². The van der Waals surface area contributed by atoms with Gasteiger partial charge in [0.15, 0.2) is 11.0 Å². The summed E-state index contributed by atoms with van der Waals surface area (Å²) in [5, 5.41) is 9.47. The molecule has 0 aliphatic carbocycles. The summed E-state index contributed by atoms with van der Waals surface area (Å²) in [6, 6.07) is 13.0. The van der Waals surface area contributed by atoms with Crippen LogP contribution in [-0.4, -0.2) is 34.7 Å². The van der Waals surface area contributed by atoms with E-state index in [-0.39, 0.29) is 0 Å². The second kappa shape index (κ2) is 9.98. The van der Waals surface area contributed by atoms with Crippen molar-refractivity contribution in [3.8, 4) is 22.9 Å². The van der Waals surface area contributed by atoms with Gasteiger partial charge in [0.2, 0.25) is 0 Å². The molecule has 0 aliphatic heterocycles. The van der Waals surface area contributed by atoms with E-state index in [4.69, 9.17) is 9.47 Å². The molecule has 2 aromatic carbocycles. The summed E-state index contributed by atoms with van der Waals surface area (Å²) in [4.78, 5) is 0.423. The number of thioether (sulfide) groups is 2. The van der Waals surface area contributed by atoms with E-state index in [1.165, 1.54) is 18.9 Å². The number of alkyl halides is 2. The molecule has 0 N–H and O–H groups in total. The SMILES string of the molecule is CCn1c(SCc2ccc(SC(F)F)c(OC)c2)nnc1-c1ccccc1OC. The minimum atomic E-state index is -2.49. The summed E-state index contributed by atoms with van der Waals surface area (Å²) in [6.07, 6.45) is 0. The summed E-state index contributed by atoms with van der Waals surface area (Å²) >= 11 is 2.01. The van der Waals surface area contributed by atoms with Crippen LogP contribution in [0, 0.1) is 0 Å². The molecule has 9 heteroatoms. The zero-order chi connectivity index (χ0) is 20.8. The smallest absolute Gasteiger partial charge is 0.289 e. The lowest BCUT2D eigenvalue weighted by Crippen LogP contribution is -2.01. The second-order valence-corrected chi connectivity index (χ2v) is 7.88. The average molecular weight is 438 g/mol. The zero-order valence-corrected chi connectivity index (χ0v) is 17.9. The lowest BCUT2D eigenvalue weighted by Gasteiger charge is -2.11. The molecule has 154 valence electrons. The summed E-state index contributed by atoms with van der Waals surface area (Å²) in [7, 11) is 3.11. The molecule has 0 aliphatic rings. The molecule has 0 spiro atoms. The normalized spacial score (nSPS) is 11.1. The molecule has 0 saturated carbocycles. The molecule has 0 bridgehead atoms. The quantitative estimate of drug-likeness (QED) is 0.407. The molecule has 1 heterocycles. The van der Waals surface area contributed by atoms with E-state index >= 15 is 0 Å². The highest BCUT2D eigenvalue weighted by Crippen LogP contribution is 2.36. The highest BCUT2D eigenvalue weighted by molar-refractivity contribution is 7.99. The predicted octanol–water partition coefficient (Wildman–Crippen LogP) is 5.59. The van der Waals surface area contributed by atoms with Gasteiger partial charge in [0, 0.05) is 12.3 Å². The Morgan fingerprint density at radius 3 is 2.48 bits per heavy atom. The van der Waals surface area contributed by atoms with Crippen LogP contribution in [0.5, 0.6) is 11.5 Å². The number of ether oxygens (including phenoxy) is 2. The molecule has 0 saturated heterocycles. The van der Waals surface area contributed by atoms with Crippen molar-refractivity contribution in [2.75, 3.05) is 14.2 Å². The molecule has 0 unspecified atom stereocenters. The van der Waals surface area contributed by atoms with Crippen molar-refractivity contribution in [1.29, 1.82) is 0 Å². The Bertz CT molecular complexity index is 967. The third-order valence-electron chi connectivity index (χ3n) is 4.19. The van der Waals surface area contributed by atoms with Crippen molar-refractivity contribution < 1.29 is 18.3 Å². The van der Waals surface area contributed by atoms with Gasteiger partial charge in [0.25, 0.3) is 5.76 Å². The van der Waals surface area contributed by atoms with E-state index in [1.807, 2.05) is 41.8 Å². The minimum Gasteiger partial charge on any atom is -0.496 e. The Balaban J connectivity index is 1.80. The standard InChI is InChI=1S/C20H21F2N3O2S2/c1-4-25-18(14-7-5-6-8-15(14)26-2)23-24-20(25)28-12-13-9-10-17(29-19(21)22)16(11-13)27-3/h5-11,19H,4,12H2,1-3H3. The van der Waals surface area contributed by atoms with E-state index in [1.54, 1.807) is 19.2 Å². The van der Waals surface area contributed by atoms with Crippen LogP contribution in [0.15, 0.2) is 52.5 Å². The first-order valence-electron chi connectivity index (χ1n) is 8.88. The Morgan fingerprint density at radius 1 is 1.03 bits per heavy atom. The minimum absolute atomic E-state index is 0.423. The van der Waals surface area contributed by atoms with Gasteiger partial charge in [-0.05, 0) is 36.8 Å². The van der Waals surface area contributed by atoms with Crippen LogP contribution in [0.25, 0.3) is 11.4 Å². The molecule has 1 aromatic heterocycles. The van der Waals surface area contributed by atoms with Gasteiger partial charge >= 0.3 is 0 Å². The number of rotatable bonds is 9. The first-order valence-corrected chi connectivity index (χ1v) is 10.7. The van der Waals surface area contributed by atoms with Crippen molar-refractivity contribution in [2.24, 2.45) is 0 Å². The largest absolute Gasteiger partial charge is 0.496 e. The summed E-state index contributed by atoms with van der Waals surface area (Å²) in [6.45, 7) is 2.74. The van der Waals surface area contributed by atoms with Crippen LogP contribution in [0.1, 0.15) is 12.5 Å². The molecular weight excluding hydrogens is 416 g/mol. The molecule has 0 radical (unpaired) electrons. The lowest BCUT2D eigenvalue weighted by atomic mass is 10.2. The molecule has 3 aromatic rings. The molecule has 3 rings (SSSR count). The van der Waals surface area contributed by atoms with Gasteiger partial charge < -0.3 is 14.0 Å². The van der Waals surface area contributed by atoms with E-state index in [0.29, 0.717) is 34.7 Å². The number of aromatic nitrogens is 3. The Kier molecular flexibility index (Phi) is 7.38. The molecule has 29 heavy (non-hydrogen) atoms. The highest BCUT2D eigenvalue weighted by atomic mass is 32.2. The van der Waals surface area contributed by atoms with Gasteiger partial charge in [-0.25, -0.2) is 0 Å². The fourth-order valence-electron chi connectivity index (χ4n) is 2.85. The maximum absolute atomic E-state index is 12.7. The molecular formula is C20H21F2N3O2S2.